The average molecular weight is 259 g/mol. The number of rotatable bonds is 4. The Bertz CT molecular complexity index is 268. The van der Waals surface area contributed by atoms with Crippen LogP contribution in [0.15, 0.2) is 24.3 Å². The van der Waals surface area contributed by atoms with E-state index in [-0.39, 0.29) is 5.82 Å². The SMILES string of the molecule is CCC(Br)C(C)Cc1ccc(F)cc1. The van der Waals surface area contributed by atoms with Gasteiger partial charge in [-0.2, -0.15) is 0 Å². The van der Waals surface area contributed by atoms with Crippen LogP contribution in [-0.4, -0.2) is 4.83 Å². The maximum absolute atomic E-state index is 12.6. The predicted octanol–water partition coefficient (Wildman–Crippen LogP) is 4.18. The molecule has 0 aliphatic carbocycles. The molecule has 78 valence electrons. The minimum Gasteiger partial charge on any atom is -0.207 e. The molecule has 2 unspecified atom stereocenters. The summed E-state index contributed by atoms with van der Waals surface area (Å²) in [5.74, 6) is 0.428. The minimum absolute atomic E-state index is 0.160. The van der Waals surface area contributed by atoms with Crippen LogP contribution in [0.4, 0.5) is 4.39 Å². The van der Waals surface area contributed by atoms with E-state index in [0.29, 0.717) is 10.7 Å². The lowest BCUT2D eigenvalue weighted by molar-refractivity contribution is 0.544. The molecule has 0 N–H and O–H groups in total. The van der Waals surface area contributed by atoms with Crippen LogP contribution in [-0.2, 0) is 6.42 Å². The third-order valence-electron chi connectivity index (χ3n) is 2.48. The summed E-state index contributed by atoms with van der Waals surface area (Å²) < 4.78 is 12.6. The molecule has 1 aromatic rings. The lowest BCUT2D eigenvalue weighted by Crippen LogP contribution is -2.12. The number of halogens is 2. The maximum Gasteiger partial charge on any atom is 0.123 e. The molecule has 0 spiro atoms. The van der Waals surface area contributed by atoms with Gasteiger partial charge in [0.15, 0.2) is 0 Å². The third kappa shape index (κ3) is 3.41. The van der Waals surface area contributed by atoms with Gasteiger partial charge in [-0.05, 0) is 36.5 Å². The largest absolute Gasteiger partial charge is 0.207 e. The van der Waals surface area contributed by atoms with E-state index in [1.807, 2.05) is 12.1 Å². The Balaban J connectivity index is 2.56. The molecule has 0 radical (unpaired) electrons. The van der Waals surface area contributed by atoms with Crippen molar-refractivity contribution in [1.82, 2.24) is 0 Å². The van der Waals surface area contributed by atoms with Crippen molar-refractivity contribution in [3.05, 3.63) is 35.6 Å². The summed E-state index contributed by atoms with van der Waals surface area (Å²) in [5, 5.41) is 0. The van der Waals surface area contributed by atoms with Gasteiger partial charge in [0.2, 0.25) is 0 Å². The smallest absolute Gasteiger partial charge is 0.123 e. The van der Waals surface area contributed by atoms with E-state index < -0.39 is 0 Å². The van der Waals surface area contributed by atoms with Gasteiger partial charge in [-0.15, -0.1) is 0 Å². The molecule has 0 amide bonds. The summed E-state index contributed by atoms with van der Waals surface area (Å²) in [5.41, 5.74) is 1.21. The predicted molar refractivity (Wildman–Crippen MR) is 62.3 cm³/mol. The van der Waals surface area contributed by atoms with E-state index in [9.17, 15) is 4.39 Å². The van der Waals surface area contributed by atoms with Gasteiger partial charge in [0.1, 0.15) is 5.82 Å². The second-order valence-electron chi connectivity index (χ2n) is 3.73. The highest BCUT2D eigenvalue weighted by Gasteiger charge is 2.12. The van der Waals surface area contributed by atoms with Crippen LogP contribution in [0.1, 0.15) is 25.8 Å². The van der Waals surface area contributed by atoms with Gasteiger partial charge >= 0.3 is 0 Å². The van der Waals surface area contributed by atoms with E-state index >= 15 is 0 Å². The van der Waals surface area contributed by atoms with Crippen LogP contribution in [0.2, 0.25) is 0 Å². The normalized spacial score (nSPS) is 15.1. The summed E-state index contributed by atoms with van der Waals surface area (Å²) in [7, 11) is 0. The second kappa shape index (κ2) is 5.50. The van der Waals surface area contributed by atoms with E-state index in [2.05, 4.69) is 29.8 Å². The highest BCUT2D eigenvalue weighted by atomic mass is 79.9. The Morgan fingerprint density at radius 1 is 1.29 bits per heavy atom. The van der Waals surface area contributed by atoms with Crippen LogP contribution >= 0.6 is 15.9 Å². The van der Waals surface area contributed by atoms with E-state index in [1.54, 1.807) is 0 Å². The molecule has 1 aromatic carbocycles. The first-order valence-corrected chi connectivity index (χ1v) is 5.93. The molecule has 2 heteroatoms. The molecule has 0 nitrogen and oxygen atoms in total. The van der Waals surface area contributed by atoms with Crippen LogP contribution in [0.25, 0.3) is 0 Å². The van der Waals surface area contributed by atoms with Gasteiger partial charge in [-0.25, -0.2) is 4.39 Å². The zero-order valence-corrected chi connectivity index (χ0v) is 10.2. The zero-order chi connectivity index (χ0) is 10.6. The molecule has 1 rings (SSSR count). The number of hydrogen-bond acceptors (Lipinski definition) is 0. The fourth-order valence-electron chi connectivity index (χ4n) is 1.52. The molecule has 0 fully saturated rings. The van der Waals surface area contributed by atoms with Gasteiger partial charge in [0, 0.05) is 4.83 Å². The lowest BCUT2D eigenvalue weighted by atomic mass is 9.97. The molecule has 0 saturated heterocycles. The standard InChI is InChI=1S/C12H16BrF/c1-3-12(13)9(2)8-10-4-6-11(14)7-5-10/h4-7,9,12H,3,8H2,1-2H3. The monoisotopic (exact) mass is 258 g/mol. The molecular formula is C12H16BrF. The van der Waals surface area contributed by atoms with Crippen molar-refractivity contribution in [2.75, 3.05) is 0 Å². The second-order valence-corrected chi connectivity index (χ2v) is 4.91. The Labute approximate surface area is 93.7 Å². The van der Waals surface area contributed by atoms with Crippen molar-refractivity contribution < 1.29 is 4.39 Å². The van der Waals surface area contributed by atoms with Gasteiger partial charge < -0.3 is 0 Å². The first kappa shape index (κ1) is 11.7. The number of benzene rings is 1. The van der Waals surface area contributed by atoms with E-state index in [4.69, 9.17) is 0 Å². The Hall–Kier alpha value is -0.370. The van der Waals surface area contributed by atoms with Crippen molar-refractivity contribution >= 4 is 15.9 Å². The Kier molecular flexibility index (Phi) is 4.59. The minimum atomic E-state index is -0.160. The molecule has 0 bridgehead atoms. The summed E-state index contributed by atoms with van der Waals surface area (Å²) in [4.78, 5) is 0.549. The average Bonchev–Trinajstić information content (AvgIpc) is 2.20. The fraction of sp³-hybridized carbons (Fsp3) is 0.500. The number of alkyl halides is 1. The molecule has 0 saturated carbocycles. The molecule has 0 aromatic heterocycles. The zero-order valence-electron chi connectivity index (χ0n) is 8.63. The Morgan fingerprint density at radius 3 is 2.36 bits per heavy atom. The molecule has 0 heterocycles. The van der Waals surface area contributed by atoms with Crippen LogP contribution < -0.4 is 0 Å². The molecular weight excluding hydrogens is 243 g/mol. The summed E-state index contributed by atoms with van der Waals surface area (Å²) >= 11 is 3.64. The van der Waals surface area contributed by atoms with Crippen molar-refractivity contribution in [3.8, 4) is 0 Å². The quantitative estimate of drug-likeness (QED) is 0.711. The van der Waals surface area contributed by atoms with Crippen molar-refractivity contribution in [2.45, 2.75) is 31.5 Å². The molecule has 2 atom stereocenters. The van der Waals surface area contributed by atoms with Gasteiger partial charge in [0.05, 0.1) is 0 Å². The summed E-state index contributed by atoms with van der Waals surface area (Å²) in [6.07, 6.45) is 2.13. The van der Waals surface area contributed by atoms with E-state index in [0.717, 1.165) is 12.8 Å². The van der Waals surface area contributed by atoms with E-state index in [1.165, 1.54) is 17.7 Å². The molecule has 14 heavy (non-hydrogen) atoms. The topological polar surface area (TPSA) is 0 Å². The van der Waals surface area contributed by atoms with Crippen molar-refractivity contribution in [3.63, 3.8) is 0 Å². The van der Waals surface area contributed by atoms with Crippen LogP contribution in [0.3, 0.4) is 0 Å². The summed E-state index contributed by atoms with van der Waals surface area (Å²) in [6.45, 7) is 4.38. The first-order valence-electron chi connectivity index (χ1n) is 5.02. The summed E-state index contributed by atoms with van der Waals surface area (Å²) in [6, 6.07) is 6.77. The number of hydrogen-bond donors (Lipinski definition) is 0. The third-order valence-corrected chi connectivity index (χ3v) is 4.03. The lowest BCUT2D eigenvalue weighted by Gasteiger charge is -2.16. The first-order chi connectivity index (χ1) is 6.63. The van der Waals surface area contributed by atoms with Crippen LogP contribution in [0.5, 0.6) is 0 Å². The van der Waals surface area contributed by atoms with Gasteiger partial charge in [-0.3, -0.25) is 0 Å². The van der Waals surface area contributed by atoms with Gasteiger partial charge in [-0.1, -0.05) is 41.9 Å². The Morgan fingerprint density at radius 2 is 1.86 bits per heavy atom. The van der Waals surface area contributed by atoms with Crippen molar-refractivity contribution in [2.24, 2.45) is 5.92 Å². The molecule has 0 aliphatic heterocycles. The highest BCUT2D eigenvalue weighted by Crippen LogP contribution is 2.20. The maximum atomic E-state index is 12.6. The van der Waals surface area contributed by atoms with Gasteiger partial charge in [0.25, 0.3) is 0 Å². The highest BCUT2D eigenvalue weighted by molar-refractivity contribution is 9.09. The fourth-order valence-corrected chi connectivity index (χ4v) is 1.71. The van der Waals surface area contributed by atoms with Crippen LogP contribution in [0, 0.1) is 11.7 Å². The van der Waals surface area contributed by atoms with Crippen molar-refractivity contribution in [1.29, 1.82) is 0 Å². The molecule has 0 aliphatic rings.